The summed E-state index contributed by atoms with van der Waals surface area (Å²) in [4.78, 5) is 20.6. The van der Waals surface area contributed by atoms with Crippen molar-refractivity contribution in [2.24, 2.45) is 0 Å². The van der Waals surface area contributed by atoms with Gasteiger partial charge in [0, 0.05) is 24.5 Å². The highest BCUT2D eigenvalue weighted by molar-refractivity contribution is 6.33. The number of nitrogens with zero attached hydrogens (tertiary/aromatic N) is 2. The number of nitrogens with one attached hydrogen (secondary N) is 2. The number of halogens is 1. The first-order valence-electron chi connectivity index (χ1n) is 6.24. The molecule has 6 heteroatoms. The third-order valence-electron chi connectivity index (χ3n) is 2.75. The smallest absolute Gasteiger partial charge is 0.257 e. The van der Waals surface area contributed by atoms with E-state index in [1.807, 2.05) is 6.92 Å². The van der Waals surface area contributed by atoms with Gasteiger partial charge in [0.05, 0.1) is 5.02 Å². The number of aromatic nitrogens is 2. The first-order valence-corrected chi connectivity index (χ1v) is 6.62. The fraction of sp³-hybridized carbons (Fsp3) is 0.214. The summed E-state index contributed by atoms with van der Waals surface area (Å²) in [5.74, 6) is 0.737. The minimum atomic E-state index is -0.265. The maximum atomic E-state index is 12.2. The fourth-order valence-corrected chi connectivity index (χ4v) is 1.85. The normalized spacial score (nSPS) is 10.2. The van der Waals surface area contributed by atoms with E-state index in [1.165, 1.54) is 0 Å². The lowest BCUT2D eigenvalue weighted by Gasteiger charge is -2.09. The van der Waals surface area contributed by atoms with Gasteiger partial charge in [0.2, 0.25) is 0 Å². The largest absolute Gasteiger partial charge is 0.373 e. The van der Waals surface area contributed by atoms with Gasteiger partial charge >= 0.3 is 0 Å². The van der Waals surface area contributed by atoms with Gasteiger partial charge in [-0.05, 0) is 30.7 Å². The first kappa shape index (κ1) is 14.3. The summed E-state index contributed by atoms with van der Waals surface area (Å²) >= 11 is 5.97. The molecule has 0 saturated heterocycles. The van der Waals surface area contributed by atoms with Gasteiger partial charge in [0.1, 0.15) is 5.82 Å². The van der Waals surface area contributed by atoms with E-state index in [0.29, 0.717) is 22.2 Å². The van der Waals surface area contributed by atoms with Crippen LogP contribution < -0.4 is 10.6 Å². The molecule has 20 heavy (non-hydrogen) atoms. The molecule has 0 saturated carbocycles. The summed E-state index contributed by atoms with van der Waals surface area (Å²) in [7, 11) is 1.76. The molecule has 104 valence electrons. The third kappa shape index (κ3) is 3.24. The van der Waals surface area contributed by atoms with Crippen LogP contribution >= 0.6 is 11.6 Å². The SMILES string of the molecule is CCc1cc(C(=O)Nc2ncccc2Cl)cc(NC)n1. The van der Waals surface area contributed by atoms with Gasteiger partial charge in [0.25, 0.3) is 5.91 Å². The number of hydrogen-bond donors (Lipinski definition) is 2. The molecule has 5 nitrogen and oxygen atoms in total. The van der Waals surface area contributed by atoms with E-state index < -0.39 is 0 Å². The monoisotopic (exact) mass is 290 g/mol. The van der Waals surface area contributed by atoms with E-state index >= 15 is 0 Å². The highest BCUT2D eigenvalue weighted by atomic mass is 35.5. The standard InChI is InChI=1S/C14H15ClN4O/c1-3-10-7-9(8-12(16-2)18-10)14(20)19-13-11(15)5-4-6-17-13/h4-8H,3H2,1-2H3,(H,16,18)(H,17,19,20). The second-order valence-corrected chi connectivity index (χ2v) is 4.53. The number of carbonyl (C=O) groups is 1. The van der Waals surface area contributed by atoms with E-state index in [4.69, 9.17) is 11.6 Å². The average Bonchev–Trinajstić information content (AvgIpc) is 2.48. The van der Waals surface area contributed by atoms with Crippen molar-refractivity contribution < 1.29 is 4.79 Å². The van der Waals surface area contributed by atoms with Gasteiger partial charge in [-0.1, -0.05) is 18.5 Å². The molecule has 0 unspecified atom stereocenters. The molecule has 0 aliphatic heterocycles. The summed E-state index contributed by atoms with van der Waals surface area (Å²) in [6.07, 6.45) is 2.32. The number of hydrogen-bond acceptors (Lipinski definition) is 4. The Bertz CT molecular complexity index is 608. The Morgan fingerprint density at radius 2 is 2.20 bits per heavy atom. The maximum Gasteiger partial charge on any atom is 0.257 e. The van der Waals surface area contributed by atoms with Gasteiger partial charge in [-0.25, -0.2) is 9.97 Å². The van der Waals surface area contributed by atoms with E-state index in [9.17, 15) is 4.79 Å². The van der Waals surface area contributed by atoms with Crippen molar-refractivity contribution in [2.45, 2.75) is 13.3 Å². The molecule has 0 fully saturated rings. The van der Waals surface area contributed by atoms with Gasteiger partial charge in [-0.15, -0.1) is 0 Å². The fourth-order valence-electron chi connectivity index (χ4n) is 1.69. The molecular weight excluding hydrogens is 276 g/mol. The zero-order valence-electron chi connectivity index (χ0n) is 11.3. The van der Waals surface area contributed by atoms with Crippen molar-refractivity contribution in [3.63, 3.8) is 0 Å². The lowest BCUT2D eigenvalue weighted by molar-refractivity contribution is 0.102. The Morgan fingerprint density at radius 3 is 2.85 bits per heavy atom. The number of pyridine rings is 2. The zero-order chi connectivity index (χ0) is 14.5. The van der Waals surface area contributed by atoms with Crippen molar-refractivity contribution in [1.82, 2.24) is 9.97 Å². The summed E-state index contributed by atoms with van der Waals surface area (Å²) in [6, 6.07) is 6.82. The molecule has 2 aromatic heterocycles. The quantitative estimate of drug-likeness (QED) is 0.908. The van der Waals surface area contributed by atoms with Crippen LogP contribution in [0.2, 0.25) is 5.02 Å². The highest BCUT2D eigenvalue weighted by Crippen LogP contribution is 2.19. The van der Waals surface area contributed by atoms with Gasteiger partial charge in [-0.3, -0.25) is 4.79 Å². The summed E-state index contributed by atoms with van der Waals surface area (Å²) in [6.45, 7) is 1.99. The number of anilines is 2. The maximum absolute atomic E-state index is 12.2. The highest BCUT2D eigenvalue weighted by Gasteiger charge is 2.11. The Kier molecular flexibility index (Phi) is 4.53. The Balaban J connectivity index is 2.27. The van der Waals surface area contributed by atoms with Crippen LogP contribution in [-0.2, 0) is 6.42 Å². The van der Waals surface area contributed by atoms with Crippen molar-refractivity contribution in [2.75, 3.05) is 17.7 Å². The van der Waals surface area contributed by atoms with Crippen molar-refractivity contribution in [3.05, 3.63) is 46.7 Å². The molecule has 0 aromatic carbocycles. The molecular formula is C14H15ClN4O. The molecule has 1 amide bonds. The minimum Gasteiger partial charge on any atom is -0.373 e. The predicted molar refractivity (Wildman–Crippen MR) is 80.4 cm³/mol. The van der Waals surface area contributed by atoms with Crippen molar-refractivity contribution in [1.29, 1.82) is 0 Å². The van der Waals surface area contributed by atoms with Crippen LogP contribution in [0, 0.1) is 0 Å². The van der Waals surface area contributed by atoms with Gasteiger partial charge in [0.15, 0.2) is 5.82 Å². The van der Waals surface area contributed by atoms with Crippen LogP contribution in [0.4, 0.5) is 11.6 Å². The first-order chi connectivity index (χ1) is 9.63. The van der Waals surface area contributed by atoms with Crippen molar-refractivity contribution in [3.8, 4) is 0 Å². The lowest BCUT2D eigenvalue weighted by Crippen LogP contribution is -2.14. The summed E-state index contributed by atoms with van der Waals surface area (Å²) in [5, 5.41) is 6.03. The summed E-state index contributed by atoms with van der Waals surface area (Å²) in [5.41, 5.74) is 1.36. The van der Waals surface area contributed by atoms with E-state index in [2.05, 4.69) is 20.6 Å². The van der Waals surface area contributed by atoms with E-state index in [-0.39, 0.29) is 5.91 Å². The number of carbonyl (C=O) groups excluding carboxylic acids is 1. The Labute approximate surface area is 122 Å². The van der Waals surface area contributed by atoms with Crippen molar-refractivity contribution >= 4 is 29.1 Å². The molecule has 2 rings (SSSR count). The zero-order valence-corrected chi connectivity index (χ0v) is 12.0. The molecule has 0 bridgehead atoms. The third-order valence-corrected chi connectivity index (χ3v) is 3.05. The second kappa shape index (κ2) is 6.34. The number of aryl methyl sites for hydroxylation is 1. The molecule has 2 heterocycles. The van der Waals surface area contributed by atoms with Crippen LogP contribution in [0.25, 0.3) is 0 Å². The lowest BCUT2D eigenvalue weighted by atomic mass is 10.2. The number of rotatable bonds is 4. The molecule has 0 spiro atoms. The van der Waals surface area contributed by atoms with Crippen LogP contribution in [0.15, 0.2) is 30.5 Å². The van der Waals surface area contributed by atoms with Crippen LogP contribution in [0.3, 0.4) is 0 Å². The van der Waals surface area contributed by atoms with E-state index in [1.54, 1.807) is 37.5 Å². The molecule has 0 radical (unpaired) electrons. The Morgan fingerprint density at radius 1 is 1.40 bits per heavy atom. The van der Waals surface area contributed by atoms with Crippen LogP contribution in [0.5, 0.6) is 0 Å². The minimum absolute atomic E-state index is 0.265. The van der Waals surface area contributed by atoms with Crippen LogP contribution in [-0.4, -0.2) is 22.9 Å². The molecule has 0 aliphatic rings. The number of amides is 1. The predicted octanol–water partition coefficient (Wildman–Crippen LogP) is 2.99. The topological polar surface area (TPSA) is 66.9 Å². The van der Waals surface area contributed by atoms with Gasteiger partial charge in [-0.2, -0.15) is 0 Å². The second-order valence-electron chi connectivity index (χ2n) is 4.12. The van der Waals surface area contributed by atoms with Gasteiger partial charge < -0.3 is 10.6 Å². The summed E-state index contributed by atoms with van der Waals surface area (Å²) < 4.78 is 0. The molecule has 2 N–H and O–H groups in total. The molecule has 2 aromatic rings. The Hall–Kier alpha value is -2.14. The van der Waals surface area contributed by atoms with E-state index in [0.717, 1.165) is 12.1 Å². The van der Waals surface area contributed by atoms with Crippen LogP contribution in [0.1, 0.15) is 23.0 Å². The molecule has 0 aliphatic carbocycles. The average molecular weight is 291 g/mol. The molecule has 0 atom stereocenters.